The Morgan fingerprint density at radius 1 is 1.23 bits per heavy atom. The molecule has 6 nitrogen and oxygen atoms in total. The van der Waals surface area contributed by atoms with Crippen molar-refractivity contribution >= 4 is 17.6 Å². The lowest BCUT2D eigenvalue weighted by molar-refractivity contribution is -0.120. The minimum atomic E-state index is -0.192. The van der Waals surface area contributed by atoms with Crippen molar-refractivity contribution in [3.8, 4) is 0 Å². The number of carbonyl (C=O) groups is 2. The van der Waals surface area contributed by atoms with Gasteiger partial charge in [0.1, 0.15) is 0 Å². The molecule has 1 aromatic carbocycles. The smallest absolute Gasteiger partial charge is 0.321 e. The maximum atomic E-state index is 11.9. The van der Waals surface area contributed by atoms with E-state index in [0.717, 1.165) is 5.56 Å². The second kappa shape index (κ2) is 9.04. The molecule has 22 heavy (non-hydrogen) atoms. The third-order valence-corrected chi connectivity index (χ3v) is 3.00. The van der Waals surface area contributed by atoms with Crippen LogP contribution >= 0.6 is 0 Å². The van der Waals surface area contributed by atoms with E-state index < -0.39 is 0 Å². The van der Waals surface area contributed by atoms with E-state index in [1.54, 1.807) is 31.2 Å². The van der Waals surface area contributed by atoms with Crippen molar-refractivity contribution in [1.82, 2.24) is 10.2 Å². The fraction of sp³-hybridized carbons (Fsp3) is 0.500. The molecular formula is C16H25N3O3. The lowest BCUT2D eigenvalue weighted by Gasteiger charge is -2.17. The second-order valence-electron chi connectivity index (χ2n) is 5.44. The van der Waals surface area contributed by atoms with Gasteiger partial charge in [-0.1, -0.05) is 12.1 Å². The predicted molar refractivity (Wildman–Crippen MR) is 86.9 cm³/mol. The van der Waals surface area contributed by atoms with Gasteiger partial charge < -0.3 is 20.3 Å². The molecule has 122 valence electrons. The normalized spacial score (nSPS) is 10.4. The van der Waals surface area contributed by atoms with Crippen LogP contribution in [0.1, 0.15) is 19.4 Å². The number of anilines is 1. The number of nitrogens with zero attached hydrogens (tertiary/aromatic N) is 1. The van der Waals surface area contributed by atoms with E-state index in [-0.39, 0.29) is 18.0 Å². The Labute approximate surface area is 131 Å². The number of hydrogen-bond acceptors (Lipinski definition) is 3. The Morgan fingerprint density at radius 2 is 1.86 bits per heavy atom. The zero-order valence-electron chi connectivity index (χ0n) is 13.7. The Balaban J connectivity index is 2.51. The Bertz CT molecular complexity index is 486. The molecule has 2 N–H and O–H groups in total. The van der Waals surface area contributed by atoms with Gasteiger partial charge in [0.2, 0.25) is 5.91 Å². The number of rotatable bonds is 7. The third-order valence-electron chi connectivity index (χ3n) is 3.00. The van der Waals surface area contributed by atoms with Crippen molar-refractivity contribution in [2.24, 2.45) is 0 Å². The molecule has 6 heteroatoms. The van der Waals surface area contributed by atoms with Gasteiger partial charge in [-0.15, -0.1) is 0 Å². The quantitative estimate of drug-likeness (QED) is 0.808. The molecule has 0 aliphatic heterocycles. The van der Waals surface area contributed by atoms with Crippen molar-refractivity contribution in [3.63, 3.8) is 0 Å². The lowest BCUT2D eigenvalue weighted by Crippen LogP contribution is -2.33. The molecule has 0 fully saturated rings. The monoisotopic (exact) mass is 307 g/mol. The minimum Gasteiger partial charge on any atom is -0.383 e. The molecule has 3 amide bonds. The summed E-state index contributed by atoms with van der Waals surface area (Å²) in [6, 6.07) is 7.20. The molecule has 0 radical (unpaired) electrons. The average Bonchev–Trinajstić information content (AvgIpc) is 2.45. The molecule has 0 saturated heterocycles. The first-order valence-corrected chi connectivity index (χ1v) is 7.31. The van der Waals surface area contributed by atoms with Gasteiger partial charge in [-0.2, -0.15) is 0 Å². The molecule has 0 aromatic heterocycles. The van der Waals surface area contributed by atoms with Gasteiger partial charge in [0.25, 0.3) is 0 Å². The first-order chi connectivity index (χ1) is 10.4. The Morgan fingerprint density at radius 3 is 2.41 bits per heavy atom. The van der Waals surface area contributed by atoms with Gasteiger partial charge in [0, 0.05) is 32.4 Å². The summed E-state index contributed by atoms with van der Waals surface area (Å²) >= 11 is 0. The van der Waals surface area contributed by atoms with Gasteiger partial charge in [0.05, 0.1) is 13.0 Å². The maximum Gasteiger partial charge on any atom is 0.321 e. The van der Waals surface area contributed by atoms with Crippen molar-refractivity contribution in [2.75, 3.05) is 32.6 Å². The summed E-state index contributed by atoms with van der Waals surface area (Å²) < 4.78 is 4.93. The molecule has 0 atom stereocenters. The largest absolute Gasteiger partial charge is 0.383 e. The van der Waals surface area contributed by atoms with Gasteiger partial charge in [0.15, 0.2) is 0 Å². The predicted octanol–water partition coefficient (Wildman–Crippen LogP) is 1.86. The molecule has 0 spiro atoms. The summed E-state index contributed by atoms with van der Waals surface area (Å²) in [5, 5.41) is 5.64. The van der Waals surface area contributed by atoms with Crippen LogP contribution in [-0.2, 0) is 16.0 Å². The van der Waals surface area contributed by atoms with Crippen molar-refractivity contribution < 1.29 is 14.3 Å². The number of likely N-dealkylation sites (N-methyl/N-ethyl adjacent to an activating group) is 1. The highest BCUT2D eigenvalue weighted by atomic mass is 16.5. The summed E-state index contributed by atoms with van der Waals surface area (Å²) in [6.07, 6.45) is 0.333. The second-order valence-corrected chi connectivity index (χ2v) is 5.44. The highest BCUT2D eigenvalue weighted by Gasteiger charge is 2.09. The molecule has 0 aliphatic rings. The molecule has 0 saturated carbocycles. The number of carbonyl (C=O) groups excluding carboxylic acids is 2. The van der Waals surface area contributed by atoms with Crippen LogP contribution in [0.5, 0.6) is 0 Å². The number of urea groups is 1. The van der Waals surface area contributed by atoms with Gasteiger partial charge in [-0.25, -0.2) is 4.79 Å². The molecule has 0 bridgehead atoms. The topological polar surface area (TPSA) is 70.7 Å². The van der Waals surface area contributed by atoms with Crippen molar-refractivity contribution in [3.05, 3.63) is 29.8 Å². The summed E-state index contributed by atoms with van der Waals surface area (Å²) in [7, 11) is 3.30. The SMILES string of the molecule is COCCN(C)C(=O)Nc1ccc(CC(=O)NC(C)C)cc1. The highest BCUT2D eigenvalue weighted by Crippen LogP contribution is 2.11. The van der Waals surface area contributed by atoms with E-state index in [4.69, 9.17) is 4.74 Å². The van der Waals surface area contributed by atoms with Gasteiger partial charge >= 0.3 is 6.03 Å². The number of hydrogen-bond donors (Lipinski definition) is 2. The van der Waals surface area contributed by atoms with E-state index >= 15 is 0 Å². The third kappa shape index (κ3) is 6.58. The summed E-state index contributed by atoms with van der Waals surface area (Å²) in [4.78, 5) is 25.1. The molecule has 0 heterocycles. The van der Waals surface area contributed by atoms with Crippen LogP contribution < -0.4 is 10.6 Å². The average molecular weight is 307 g/mol. The fourth-order valence-corrected chi connectivity index (χ4v) is 1.81. The van der Waals surface area contributed by atoms with Crippen LogP contribution in [0.25, 0.3) is 0 Å². The van der Waals surface area contributed by atoms with E-state index in [9.17, 15) is 9.59 Å². The maximum absolute atomic E-state index is 11.9. The number of amides is 3. The number of methoxy groups -OCH3 is 1. The summed E-state index contributed by atoms with van der Waals surface area (Å²) in [5.41, 5.74) is 1.60. The van der Waals surface area contributed by atoms with E-state index in [1.807, 2.05) is 26.0 Å². The number of nitrogens with one attached hydrogen (secondary N) is 2. The molecular weight excluding hydrogens is 282 g/mol. The zero-order chi connectivity index (χ0) is 16.5. The van der Waals surface area contributed by atoms with E-state index in [2.05, 4.69) is 10.6 Å². The van der Waals surface area contributed by atoms with E-state index in [1.165, 1.54) is 0 Å². The van der Waals surface area contributed by atoms with Crippen LogP contribution in [0.15, 0.2) is 24.3 Å². The van der Waals surface area contributed by atoms with Crippen LogP contribution in [0.3, 0.4) is 0 Å². The van der Waals surface area contributed by atoms with Crippen LogP contribution in [-0.4, -0.2) is 50.2 Å². The molecule has 1 aromatic rings. The lowest BCUT2D eigenvalue weighted by atomic mass is 10.1. The van der Waals surface area contributed by atoms with Crippen molar-refractivity contribution in [2.45, 2.75) is 26.3 Å². The Hall–Kier alpha value is -2.08. The number of benzene rings is 1. The van der Waals surface area contributed by atoms with Crippen LogP contribution in [0, 0.1) is 0 Å². The molecule has 0 unspecified atom stereocenters. The molecule has 1 rings (SSSR count). The minimum absolute atomic E-state index is 0.00826. The summed E-state index contributed by atoms with van der Waals surface area (Å²) in [5.74, 6) is -0.00826. The van der Waals surface area contributed by atoms with E-state index in [0.29, 0.717) is 25.3 Å². The number of ether oxygens (including phenoxy) is 1. The highest BCUT2D eigenvalue weighted by molar-refractivity contribution is 5.89. The molecule has 0 aliphatic carbocycles. The first-order valence-electron chi connectivity index (χ1n) is 7.31. The summed E-state index contributed by atoms with van der Waals surface area (Å²) in [6.45, 7) is 4.87. The van der Waals surface area contributed by atoms with Gasteiger partial charge in [-0.05, 0) is 31.5 Å². The first kappa shape index (κ1) is 18.0. The van der Waals surface area contributed by atoms with Crippen molar-refractivity contribution in [1.29, 1.82) is 0 Å². The zero-order valence-corrected chi connectivity index (χ0v) is 13.7. The van der Waals surface area contributed by atoms with Crippen LogP contribution in [0.4, 0.5) is 10.5 Å². The van der Waals surface area contributed by atoms with Crippen LogP contribution in [0.2, 0.25) is 0 Å². The van der Waals surface area contributed by atoms with Gasteiger partial charge in [-0.3, -0.25) is 4.79 Å². The fourth-order valence-electron chi connectivity index (χ4n) is 1.81. The Kier molecular flexibility index (Phi) is 7.39. The standard InChI is InChI=1S/C16H25N3O3/c1-12(2)17-15(20)11-13-5-7-14(8-6-13)18-16(21)19(3)9-10-22-4/h5-8,12H,9-11H2,1-4H3,(H,17,20)(H,18,21).